The molecule has 3 heterocycles. The summed E-state index contributed by atoms with van der Waals surface area (Å²) in [5, 5.41) is 2.34. The minimum atomic E-state index is 0.796. The van der Waals surface area contributed by atoms with Crippen LogP contribution >= 0.6 is 0 Å². The second-order valence-corrected chi connectivity index (χ2v) is 5.22. The lowest BCUT2D eigenvalue weighted by atomic mass is 10.2. The molecule has 5 rings (SSSR count). The highest BCUT2D eigenvalue weighted by molar-refractivity contribution is 5.95. The highest BCUT2D eigenvalue weighted by Gasteiger charge is 2.09. The zero-order valence-electron chi connectivity index (χ0n) is 11.2. The van der Waals surface area contributed by atoms with Gasteiger partial charge in [0.25, 0.3) is 0 Å². The first kappa shape index (κ1) is 10.8. The third-order valence-electron chi connectivity index (χ3n) is 3.96. The molecule has 5 aromatic rings. The van der Waals surface area contributed by atoms with Gasteiger partial charge < -0.3 is 0 Å². The maximum atomic E-state index is 4.69. The van der Waals surface area contributed by atoms with Crippen LogP contribution in [0.4, 0.5) is 0 Å². The fourth-order valence-electron chi connectivity index (χ4n) is 2.98. The van der Waals surface area contributed by atoms with Gasteiger partial charge in [-0.25, -0.2) is 9.97 Å². The molecule has 0 radical (unpaired) electrons. The summed E-state index contributed by atoms with van der Waals surface area (Å²) in [6.07, 6.45) is 0. The Morgan fingerprint density at radius 1 is 0.667 bits per heavy atom. The number of fused-ring (bicyclic) bond motifs is 6. The average Bonchev–Trinajstić information content (AvgIpc) is 2.90. The summed E-state index contributed by atoms with van der Waals surface area (Å²) < 4.78 is 2.18. The Bertz CT molecular complexity index is 1140. The van der Waals surface area contributed by atoms with Crippen LogP contribution in [0.1, 0.15) is 0 Å². The Morgan fingerprint density at radius 3 is 2.43 bits per heavy atom. The molecule has 0 aliphatic rings. The Morgan fingerprint density at radius 2 is 1.48 bits per heavy atom. The van der Waals surface area contributed by atoms with Gasteiger partial charge in [-0.05, 0) is 35.7 Å². The molecule has 0 fully saturated rings. The van der Waals surface area contributed by atoms with Crippen molar-refractivity contribution in [3.05, 3.63) is 66.7 Å². The fourth-order valence-corrected chi connectivity index (χ4v) is 2.98. The average molecular weight is 269 g/mol. The van der Waals surface area contributed by atoms with Gasteiger partial charge in [0.15, 0.2) is 5.65 Å². The first-order chi connectivity index (χ1) is 10.4. The molecule has 3 aromatic heterocycles. The molecule has 2 aromatic carbocycles. The standard InChI is InChI=1S/C18H11N3/c1-3-7-14-13(6-1)11-16-18(19-14)20-17-10-9-12-5-2-4-8-15(12)21(16)17/h1-11H. The largest absolute Gasteiger partial charge is 0.291 e. The summed E-state index contributed by atoms with van der Waals surface area (Å²) in [6.45, 7) is 0. The van der Waals surface area contributed by atoms with Gasteiger partial charge in [-0.1, -0.05) is 36.4 Å². The molecule has 0 aliphatic heterocycles. The molecule has 0 aliphatic carbocycles. The SMILES string of the molecule is c1ccc2nc3nc4ccc5ccccc5n4c3cc2c1. The van der Waals surface area contributed by atoms with Crippen LogP contribution in [0.2, 0.25) is 0 Å². The molecule has 0 saturated heterocycles. The van der Waals surface area contributed by atoms with E-state index in [0.29, 0.717) is 0 Å². The van der Waals surface area contributed by atoms with E-state index in [1.165, 1.54) is 5.39 Å². The number of para-hydroxylation sites is 2. The number of imidazole rings is 1. The van der Waals surface area contributed by atoms with Gasteiger partial charge in [-0.2, -0.15) is 0 Å². The number of nitrogens with zero attached hydrogens (tertiary/aromatic N) is 3. The van der Waals surface area contributed by atoms with Crippen molar-refractivity contribution in [3.63, 3.8) is 0 Å². The van der Waals surface area contributed by atoms with E-state index >= 15 is 0 Å². The van der Waals surface area contributed by atoms with E-state index in [1.807, 2.05) is 18.2 Å². The van der Waals surface area contributed by atoms with Crippen molar-refractivity contribution >= 4 is 38.6 Å². The number of rotatable bonds is 0. The van der Waals surface area contributed by atoms with Crippen LogP contribution in [0.25, 0.3) is 38.6 Å². The maximum Gasteiger partial charge on any atom is 0.179 e. The third kappa shape index (κ3) is 1.43. The molecule has 3 heteroatoms. The minimum Gasteiger partial charge on any atom is -0.291 e. The summed E-state index contributed by atoms with van der Waals surface area (Å²) in [4.78, 5) is 9.36. The third-order valence-corrected chi connectivity index (χ3v) is 3.96. The molecule has 21 heavy (non-hydrogen) atoms. The molecule has 0 unspecified atom stereocenters. The van der Waals surface area contributed by atoms with Crippen molar-refractivity contribution in [3.8, 4) is 0 Å². The number of hydrogen-bond acceptors (Lipinski definition) is 2. The van der Waals surface area contributed by atoms with Gasteiger partial charge >= 0.3 is 0 Å². The van der Waals surface area contributed by atoms with E-state index in [1.54, 1.807) is 0 Å². The van der Waals surface area contributed by atoms with Crippen molar-refractivity contribution in [2.75, 3.05) is 0 Å². The molecule has 98 valence electrons. The lowest BCUT2D eigenvalue weighted by molar-refractivity contribution is 1.30. The van der Waals surface area contributed by atoms with Gasteiger partial charge in [0.2, 0.25) is 0 Å². The van der Waals surface area contributed by atoms with Crippen LogP contribution in [-0.2, 0) is 0 Å². The van der Waals surface area contributed by atoms with Crippen LogP contribution in [0.15, 0.2) is 66.7 Å². The molecular formula is C18H11N3. The Balaban J connectivity index is 2.08. The van der Waals surface area contributed by atoms with Gasteiger partial charge in [0, 0.05) is 5.39 Å². The summed E-state index contributed by atoms with van der Waals surface area (Å²) in [6, 6.07) is 22.8. The van der Waals surface area contributed by atoms with Crippen LogP contribution in [0.5, 0.6) is 0 Å². The summed E-state index contributed by atoms with van der Waals surface area (Å²) in [5.41, 5.74) is 4.93. The molecule has 0 bridgehead atoms. The van der Waals surface area contributed by atoms with Crippen molar-refractivity contribution in [1.29, 1.82) is 0 Å². The monoisotopic (exact) mass is 269 g/mol. The normalized spacial score (nSPS) is 11.8. The Hall–Kier alpha value is -2.94. The highest BCUT2D eigenvalue weighted by atomic mass is 15.1. The first-order valence-electron chi connectivity index (χ1n) is 6.96. The topological polar surface area (TPSA) is 30.2 Å². The summed E-state index contributed by atoms with van der Waals surface area (Å²) in [5.74, 6) is 0. The zero-order chi connectivity index (χ0) is 13.8. The van der Waals surface area contributed by atoms with Crippen LogP contribution in [0.3, 0.4) is 0 Å². The van der Waals surface area contributed by atoms with Gasteiger partial charge in [-0.3, -0.25) is 4.40 Å². The molecule has 0 spiro atoms. The fraction of sp³-hybridized carbons (Fsp3) is 0. The number of aromatic nitrogens is 3. The van der Waals surface area contributed by atoms with E-state index < -0.39 is 0 Å². The summed E-state index contributed by atoms with van der Waals surface area (Å²) in [7, 11) is 0. The second-order valence-electron chi connectivity index (χ2n) is 5.22. The smallest absolute Gasteiger partial charge is 0.179 e. The second kappa shape index (κ2) is 3.79. The predicted octanol–water partition coefficient (Wildman–Crippen LogP) is 4.19. The van der Waals surface area contributed by atoms with Crippen molar-refractivity contribution < 1.29 is 0 Å². The predicted molar refractivity (Wildman–Crippen MR) is 85.5 cm³/mol. The van der Waals surface area contributed by atoms with E-state index in [4.69, 9.17) is 0 Å². The van der Waals surface area contributed by atoms with Crippen molar-refractivity contribution in [2.24, 2.45) is 0 Å². The Labute approximate surface area is 120 Å². The lowest BCUT2D eigenvalue weighted by Crippen LogP contribution is -1.88. The molecule has 0 amide bonds. The quantitative estimate of drug-likeness (QED) is 0.422. The lowest BCUT2D eigenvalue weighted by Gasteiger charge is -2.03. The molecule has 0 N–H and O–H groups in total. The minimum absolute atomic E-state index is 0.796. The van der Waals surface area contributed by atoms with E-state index in [0.717, 1.165) is 33.2 Å². The van der Waals surface area contributed by atoms with Crippen LogP contribution in [0, 0.1) is 0 Å². The molecule has 0 atom stereocenters. The highest BCUT2D eigenvalue weighted by Crippen LogP contribution is 2.24. The van der Waals surface area contributed by atoms with Crippen LogP contribution < -0.4 is 0 Å². The molecule has 3 nitrogen and oxygen atoms in total. The maximum absolute atomic E-state index is 4.69. The van der Waals surface area contributed by atoms with E-state index in [9.17, 15) is 0 Å². The number of hydrogen-bond donors (Lipinski definition) is 0. The first-order valence-corrected chi connectivity index (χ1v) is 6.96. The van der Waals surface area contributed by atoms with Gasteiger partial charge in [0.05, 0.1) is 16.6 Å². The van der Waals surface area contributed by atoms with Crippen molar-refractivity contribution in [1.82, 2.24) is 14.4 Å². The summed E-state index contributed by atoms with van der Waals surface area (Å²) >= 11 is 0. The molecule has 0 saturated carbocycles. The number of pyridine rings is 2. The zero-order valence-corrected chi connectivity index (χ0v) is 11.2. The van der Waals surface area contributed by atoms with Gasteiger partial charge in [-0.15, -0.1) is 0 Å². The Kier molecular flexibility index (Phi) is 1.95. The van der Waals surface area contributed by atoms with E-state index in [2.05, 4.69) is 62.9 Å². The van der Waals surface area contributed by atoms with E-state index in [-0.39, 0.29) is 0 Å². The van der Waals surface area contributed by atoms with Gasteiger partial charge in [0.1, 0.15) is 5.65 Å². The molecular weight excluding hydrogens is 258 g/mol. The van der Waals surface area contributed by atoms with Crippen molar-refractivity contribution in [2.45, 2.75) is 0 Å². The number of benzene rings is 2. The van der Waals surface area contributed by atoms with Crippen LogP contribution in [-0.4, -0.2) is 14.4 Å².